The molecule has 0 unspecified atom stereocenters. The highest BCUT2D eigenvalue weighted by atomic mass is 16.2. The smallest absolute Gasteiger partial charge is 0.271 e. The van der Waals surface area contributed by atoms with Gasteiger partial charge in [0.15, 0.2) is 0 Å². The number of hydrazine groups is 1. The largest absolute Gasteiger partial charge is 0.310 e. The topological polar surface area (TPSA) is 117 Å². The number of benzene rings is 1. The highest BCUT2D eigenvalue weighted by Gasteiger charge is 2.09. The first-order chi connectivity index (χ1) is 12.1. The summed E-state index contributed by atoms with van der Waals surface area (Å²) in [5.74, 6) is -0.441. The van der Waals surface area contributed by atoms with Crippen LogP contribution >= 0.6 is 0 Å². The average Bonchev–Trinajstić information content (AvgIpc) is 2.65. The lowest BCUT2D eigenvalue weighted by Gasteiger charge is -2.07. The lowest BCUT2D eigenvalue weighted by molar-refractivity contribution is -0.121. The van der Waals surface area contributed by atoms with Crippen molar-refractivity contribution >= 4 is 22.7 Å². The van der Waals surface area contributed by atoms with Crippen molar-refractivity contribution in [2.45, 2.75) is 12.8 Å². The first-order valence-electron chi connectivity index (χ1n) is 7.60. The molecule has 3 N–H and O–H groups in total. The minimum Gasteiger partial charge on any atom is -0.310 e. The molecule has 0 radical (unpaired) electrons. The third-order valence-corrected chi connectivity index (χ3v) is 3.49. The van der Waals surface area contributed by atoms with Crippen LogP contribution in [0.1, 0.15) is 22.6 Å². The normalized spacial score (nSPS) is 10.4. The van der Waals surface area contributed by atoms with Gasteiger partial charge in [0.25, 0.3) is 11.5 Å². The monoisotopic (exact) mass is 337 g/mol. The van der Waals surface area contributed by atoms with E-state index in [1.807, 2.05) is 0 Å². The van der Waals surface area contributed by atoms with Gasteiger partial charge in [-0.3, -0.25) is 30.2 Å². The van der Waals surface area contributed by atoms with Crippen molar-refractivity contribution in [1.29, 1.82) is 0 Å². The van der Waals surface area contributed by atoms with Crippen molar-refractivity contribution in [3.05, 3.63) is 70.5 Å². The number of carbonyl (C=O) groups excluding carboxylic acids is 2. The fourth-order valence-corrected chi connectivity index (χ4v) is 2.24. The molecule has 0 saturated heterocycles. The molecular weight excluding hydrogens is 322 g/mol. The van der Waals surface area contributed by atoms with Crippen molar-refractivity contribution in [3.63, 3.8) is 0 Å². The Balaban J connectivity index is 1.56. The van der Waals surface area contributed by atoms with E-state index in [4.69, 9.17) is 0 Å². The van der Waals surface area contributed by atoms with Crippen LogP contribution in [-0.4, -0.2) is 26.8 Å². The van der Waals surface area contributed by atoms with Crippen molar-refractivity contribution in [2.24, 2.45) is 0 Å². The van der Waals surface area contributed by atoms with Gasteiger partial charge in [-0.15, -0.1) is 0 Å². The van der Waals surface area contributed by atoms with Gasteiger partial charge in [0.05, 0.1) is 16.5 Å². The number of hydrogen-bond donors (Lipinski definition) is 3. The predicted molar refractivity (Wildman–Crippen MR) is 90.5 cm³/mol. The molecule has 0 spiro atoms. The molecule has 0 bridgehead atoms. The Morgan fingerprint density at radius 3 is 2.72 bits per heavy atom. The van der Waals surface area contributed by atoms with Crippen molar-refractivity contribution < 1.29 is 9.59 Å². The second kappa shape index (κ2) is 7.35. The molecule has 0 aliphatic heterocycles. The number of pyridine rings is 1. The minimum atomic E-state index is -0.460. The molecule has 0 aliphatic carbocycles. The molecule has 2 heterocycles. The van der Waals surface area contributed by atoms with E-state index < -0.39 is 11.8 Å². The van der Waals surface area contributed by atoms with E-state index in [1.54, 1.807) is 42.6 Å². The standard InChI is InChI=1S/C17H15N5O3/c23-15(21-22-16(24)11-4-3-9-18-10-11)8-7-14-19-13-6-2-1-5-12(13)17(25)20-14/h1-6,9-10H,7-8H2,(H,21,23)(H,22,24)(H,19,20,25). The Hall–Kier alpha value is -3.55. The van der Waals surface area contributed by atoms with Crippen LogP contribution in [0.25, 0.3) is 10.9 Å². The van der Waals surface area contributed by atoms with Crippen LogP contribution in [0.5, 0.6) is 0 Å². The number of nitrogens with zero attached hydrogens (tertiary/aromatic N) is 2. The summed E-state index contributed by atoms with van der Waals surface area (Å²) in [4.78, 5) is 46.4. The number of para-hydroxylation sites is 1. The number of aryl methyl sites for hydroxylation is 1. The third kappa shape index (κ3) is 4.05. The van der Waals surface area contributed by atoms with E-state index in [-0.39, 0.29) is 18.4 Å². The molecule has 2 amide bonds. The summed E-state index contributed by atoms with van der Waals surface area (Å²) in [6, 6.07) is 10.2. The summed E-state index contributed by atoms with van der Waals surface area (Å²) < 4.78 is 0. The van der Waals surface area contributed by atoms with Crippen molar-refractivity contribution in [2.75, 3.05) is 0 Å². The number of amides is 2. The van der Waals surface area contributed by atoms with Gasteiger partial charge >= 0.3 is 0 Å². The lowest BCUT2D eigenvalue weighted by Crippen LogP contribution is -2.41. The number of aromatic nitrogens is 3. The van der Waals surface area contributed by atoms with E-state index in [0.717, 1.165) is 0 Å². The zero-order chi connectivity index (χ0) is 17.6. The maximum Gasteiger partial charge on any atom is 0.271 e. The summed E-state index contributed by atoms with van der Waals surface area (Å²) >= 11 is 0. The molecule has 25 heavy (non-hydrogen) atoms. The molecule has 2 aromatic heterocycles. The third-order valence-electron chi connectivity index (χ3n) is 3.49. The maximum absolute atomic E-state index is 12.0. The van der Waals surface area contributed by atoms with Gasteiger partial charge in [-0.25, -0.2) is 4.98 Å². The number of fused-ring (bicyclic) bond motifs is 1. The number of rotatable bonds is 4. The molecule has 3 rings (SSSR count). The SMILES string of the molecule is O=C(CCc1nc2ccccc2c(=O)[nH]1)NNC(=O)c1cccnc1. The van der Waals surface area contributed by atoms with Crippen LogP contribution < -0.4 is 16.4 Å². The van der Waals surface area contributed by atoms with E-state index in [9.17, 15) is 14.4 Å². The highest BCUT2D eigenvalue weighted by molar-refractivity contribution is 5.95. The zero-order valence-corrected chi connectivity index (χ0v) is 13.2. The first kappa shape index (κ1) is 16.3. The number of carbonyl (C=O) groups is 2. The second-order valence-corrected chi connectivity index (χ2v) is 5.27. The molecule has 0 atom stereocenters. The highest BCUT2D eigenvalue weighted by Crippen LogP contribution is 2.06. The van der Waals surface area contributed by atoms with Crippen LogP contribution in [0.3, 0.4) is 0 Å². The fourth-order valence-electron chi connectivity index (χ4n) is 2.24. The van der Waals surface area contributed by atoms with Crippen LogP contribution in [0.15, 0.2) is 53.6 Å². The summed E-state index contributed by atoms with van der Waals surface area (Å²) in [6.45, 7) is 0. The van der Waals surface area contributed by atoms with Gasteiger partial charge in [-0.05, 0) is 24.3 Å². The van der Waals surface area contributed by atoms with Gasteiger partial charge in [0.1, 0.15) is 5.82 Å². The molecule has 0 fully saturated rings. The summed E-state index contributed by atoms with van der Waals surface area (Å²) in [5.41, 5.74) is 5.29. The van der Waals surface area contributed by atoms with Crippen LogP contribution in [0.4, 0.5) is 0 Å². The Labute approximate surface area is 142 Å². The average molecular weight is 337 g/mol. The van der Waals surface area contributed by atoms with Gasteiger partial charge < -0.3 is 4.98 Å². The number of aromatic amines is 1. The Kier molecular flexibility index (Phi) is 4.79. The molecule has 3 aromatic rings. The molecule has 126 valence electrons. The van der Waals surface area contributed by atoms with Crippen LogP contribution in [-0.2, 0) is 11.2 Å². The molecule has 0 aliphatic rings. The fraction of sp³-hybridized carbons (Fsp3) is 0.118. The number of hydrogen-bond acceptors (Lipinski definition) is 5. The molecule has 1 aromatic carbocycles. The summed E-state index contributed by atoms with van der Waals surface area (Å²) in [6.07, 6.45) is 3.25. The van der Waals surface area contributed by atoms with Gasteiger partial charge in [0.2, 0.25) is 5.91 Å². The van der Waals surface area contributed by atoms with E-state index in [2.05, 4.69) is 25.8 Å². The molecule has 8 heteroatoms. The summed E-state index contributed by atoms with van der Waals surface area (Å²) in [7, 11) is 0. The van der Waals surface area contributed by atoms with Crippen LogP contribution in [0.2, 0.25) is 0 Å². The maximum atomic E-state index is 12.0. The lowest BCUT2D eigenvalue weighted by atomic mass is 10.2. The van der Waals surface area contributed by atoms with Crippen molar-refractivity contribution in [3.8, 4) is 0 Å². The quantitative estimate of drug-likeness (QED) is 0.606. The van der Waals surface area contributed by atoms with Gasteiger partial charge in [-0.2, -0.15) is 0 Å². The Morgan fingerprint density at radius 2 is 1.92 bits per heavy atom. The predicted octanol–water partition coefficient (Wildman–Crippen LogP) is 0.712. The molecule has 0 saturated carbocycles. The Bertz CT molecular complexity index is 969. The minimum absolute atomic E-state index is 0.0641. The molecular formula is C17H15N5O3. The summed E-state index contributed by atoms with van der Waals surface area (Å²) in [5, 5.41) is 0.499. The first-order valence-corrected chi connectivity index (χ1v) is 7.60. The van der Waals surface area contributed by atoms with E-state index in [1.165, 1.54) is 6.20 Å². The number of nitrogens with one attached hydrogen (secondary N) is 3. The molecule has 8 nitrogen and oxygen atoms in total. The second-order valence-electron chi connectivity index (χ2n) is 5.27. The van der Waals surface area contributed by atoms with E-state index >= 15 is 0 Å². The van der Waals surface area contributed by atoms with Gasteiger partial charge in [-0.1, -0.05) is 12.1 Å². The van der Waals surface area contributed by atoms with Crippen LogP contribution in [0, 0.1) is 0 Å². The zero-order valence-electron chi connectivity index (χ0n) is 13.2. The van der Waals surface area contributed by atoms with E-state index in [0.29, 0.717) is 22.3 Å². The van der Waals surface area contributed by atoms with Gasteiger partial charge in [0, 0.05) is 25.2 Å². The Morgan fingerprint density at radius 1 is 1.08 bits per heavy atom. The number of H-pyrrole nitrogens is 1. The van der Waals surface area contributed by atoms with Crippen molar-refractivity contribution in [1.82, 2.24) is 25.8 Å².